The van der Waals surface area contributed by atoms with Crippen molar-refractivity contribution in [3.63, 3.8) is 0 Å². The number of benzene rings is 1. The van der Waals surface area contributed by atoms with Crippen LogP contribution < -0.4 is 4.74 Å². The number of methoxy groups -OCH3 is 1. The average molecular weight is 235 g/mol. The van der Waals surface area contributed by atoms with E-state index in [2.05, 4.69) is 5.16 Å². The van der Waals surface area contributed by atoms with E-state index in [1.165, 1.54) is 6.92 Å². The summed E-state index contributed by atoms with van der Waals surface area (Å²) in [5, 5.41) is 3.89. The molecule has 0 spiro atoms. The number of ether oxygens (including phenoxy) is 2. The molecule has 0 aliphatic carbocycles. The smallest absolute Gasteiger partial charge is 0.305 e. The van der Waals surface area contributed by atoms with Crippen molar-refractivity contribution in [2.24, 2.45) is 5.16 Å². The first-order valence-electron chi connectivity index (χ1n) is 5.23. The van der Waals surface area contributed by atoms with Crippen molar-refractivity contribution in [1.29, 1.82) is 0 Å². The molecule has 1 aliphatic heterocycles. The van der Waals surface area contributed by atoms with Crippen LogP contribution in [0.15, 0.2) is 29.4 Å². The van der Waals surface area contributed by atoms with Gasteiger partial charge in [0.15, 0.2) is 0 Å². The Labute approximate surface area is 99.0 Å². The minimum Gasteiger partial charge on any atom is -0.497 e. The van der Waals surface area contributed by atoms with Gasteiger partial charge in [-0.1, -0.05) is 5.16 Å². The first-order valence-corrected chi connectivity index (χ1v) is 5.23. The number of oxime groups is 1. The second kappa shape index (κ2) is 4.86. The zero-order chi connectivity index (χ0) is 12.3. The summed E-state index contributed by atoms with van der Waals surface area (Å²) < 4.78 is 9.97. The van der Waals surface area contributed by atoms with Crippen molar-refractivity contribution < 1.29 is 19.1 Å². The Morgan fingerprint density at radius 1 is 1.41 bits per heavy atom. The van der Waals surface area contributed by atoms with Crippen LogP contribution in [0, 0.1) is 0 Å². The summed E-state index contributed by atoms with van der Waals surface area (Å²) in [6.45, 7) is 1.34. The summed E-state index contributed by atoms with van der Waals surface area (Å²) >= 11 is 0. The highest BCUT2D eigenvalue weighted by atomic mass is 16.8. The predicted octanol–water partition coefficient (Wildman–Crippen LogP) is 1.71. The second-order valence-corrected chi connectivity index (χ2v) is 3.62. The van der Waals surface area contributed by atoms with E-state index < -0.39 is 6.29 Å². The Balaban J connectivity index is 2.02. The van der Waals surface area contributed by atoms with Gasteiger partial charge in [0.25, 0.3) is 6.29 Å². The summed E-state index contributed by atoms with van der Waals surface area (Å²) in [6.07, 6.45) is -0.143. The van der Waals surface area contributed by atoms with Crippen LogP contribution in [0.1, 0.15) is 18.9 Å². The third-order valence-corrected chi connectivity index (χ3v) is 2.36. The summed E-state index contributed by atoms with van der Waals surface area (Å²) in [4.78, 5) is 15.8. The fourth-order valence-electron chi connectivity index (χ4n) is 1.56. The quantitative estimate of drug-likeness (QED) is 0.748. The van der Waals surface area contributed by atoms with Gasteiger partial charge in [0.1, 0.15) is 5.75 Å². The molecule has 0 N–H and O–H groups in total. The molecule has 1 aromatic carbocycles. The highest BCUT2D eigenvalue weighted by Gasteiger charge is 2.24. The fraction of sp³-hybridized carbons (Fsp3) is 0.333. The maximum absolute atomic E-state index is 10.8. The van der Waals surface area contributed by atoms with Crippen LogP contribution in [0.25, 0.3) is 0 Å². The van der Waals surface area contributed by atoms with Gasteiger partial charge in [-0.15, -0.1) is 0 Å². The van der Waals surface area contributed by atoms with Crippen LogP contribution in [-0.2, 0) is 14.4 Å². The Morgan fingerprint density at radius 3 is 2.71 bits per heavy atom. The van der Waals surface area contributed by atoms with Crippen LogP contribution in [0.3, 0.4) is 0 Å². The maximum Gasteiger partial charge on any atom is 0.305 e. The zero-order valence-corrected chi connectivity index (χ0v) is 9.67. The molecule has 1 heterocycles. The van der Waals surface area contributed by atoms with E-state index in [0.29, 0.717) is 6.42 Å². The molecule has 1 aromatic rings. The molecule has 0 saturated heterocycles. The number of carbonyl (C=O) groups is 1. The number of nitrogens with zero attached hydrogens (tertiary/aromatic N) is 1. The largest absolute Gasteiger partial charge is 0.497 e. The van der Waals surface area contributed by atoms with Gasteiger partial charge in [-0.3, -0.25) is 4.79 Å². The van der Waals surface area contributed by atoms with E-state index in [9.17, 15) is 4.79 Å². The topological polar surface area (TPSA) is 57.1 Å². The summed E-state index contributed by atoms with van der Waals surface area (Å²) in [7, 11) is 1.61. The summed E-state index contributed by atoms with van der Waals surface area (Å²) in [5.41, 5.74) is 1.69. The van der Waals surface area contributed by atoms with Gasteiger partial charge < -0.3 is 14.3 Å². The third-order valence-electron chi connectivity index (χ3n) is 2.36. The molecule has 1 unspecified atom stereocenters. The Bertz CT molecular complexity index is 438. The van der Waals surface area contributed by atoms with Gasteiger partial charge >= 0.3 is 5.97 Å². The third kappa shape index (κ3) is 2.75. The monoisotopic (exact) mass is 235 g/mol. The van der Waals surface area contributed by atoms with Crippen LogP contribution >= 0.6 is 0 Å². The number of hydrogen-bond acceptors (Lipinski definition) is 5. The first-order chi connectivity index (χ1) is 8.19. The lowest BCUT2D eigenvalue weighted by Gasteiger charge is -2.07. The molecule has 0 amide bonds. The molecule has 17 heavy (non-hydrogen) atoms. The molecule has 1 atom stereocenters. The summed E-state index contributed by atoms with van der Waals surface area (Å²) in [5.74, 6) is 0.408. The highest BCUT2D eigenvalue weighted by Crippen LogP contribution is 2.19. The van der Waals surface area contributed by atoms with Gasteiger partial charge in [-0.05, 0) is 29.8 Å². The summed E-state index contributed by atoms with van der Waals surface area (Å²) in [6, 6.07) is 7.46. The number of carbonyl (C=O) groups excluding carboxylic acids is 1. The van der Waals surface area contributed by atoms with Crippen LogP contribution in [-0.4, -0.2) is 25.1 Å². The van der Waals surface area contributed by atoms with Crippen LogP contribution in [0.5, 0.6) is 5.75 Å². The average Bonchev–Trinajstić information content (AvgIpc) is 2.77. The van der Waals surface area contributed by atoms with E-state index in [-0.39, 0.29) is 5.97 Å². The lowest BCUT2D eigenvalue weighted by molar-refractivity contribution is -0.170. The van der Waals surface area contributed by atoms with Crippen molar-refractivity contribution in [3.8, 4) is 5.75 Å². The normalized spacial score (nSPS) is 18.2. The van der Waals surface area contributed by atoms with Gasteiger partial charge in [0.2, 0.25) is 0 Å². The van der Waals surface area contributed by atoms with Crippen LogP contribution in [0.2, 0.25) is 0 Å². The van der Waals surface area contributed by atoms with E-state index in [4.69, 9.17) is 14.3 Å². The van der Waals surface area contributed by atoms with Gasteiger partial charge in [0.05, 0.1) is 19.2 Å². The fourth-order valence-corrected chi connectivity index (χ4v) is 1.56. The van der Waals surface area contributed by atoms with Gasteiger partial charge in [0, 0.05) is 6.92 Å². The lowest BCUT2D eigenvalue weighted by Crippen LogP contribution is -2.16. The molecule has 0 aromatic heterocycles. The standard InChI is InChI=1S/C12H13NO4/c1-8(14)16-12-7-11(13-17-12)9-3-5-10(15-2)6-4-9/h3-6,12H,7H2,1-2H3. The van der Waals surface area contributed by atoms with Crippen molar-refractivity contribution in [3.05, 3.63) is 29.8 Å². The number of esters is 1. The molecular weight excluding hydrogens is 222 g/mol. The SMILES string of the molecule is COc1ccc(C2=NOC(OC(C)=O)C2)cc1. The van der Waals surface area contributed by atoms with E-state index in [0.717, 1.165) is 17.0 Å². The molecule has 0 saturated carbocycles. The molecule has 90 valence electrons. The minimum absolute atomic E-state index is 0.374. The molecule has 5 heteroatoms. The molecule has 2 rings (SSSR count). The Kier molecular flexibility index (Phi) is 3.27. The van der Waals surface area contributed by atoms with Gasteiger partial charge in [-0.2, -0.15) is 0 Å². The molecule has 0 fully saturated rings. The highest BCUT2D eigenvalue weighted by molar-refractivity contribution is 6.01. The molecular formula is C12H13NO4. The maximum atomic E-state index is 10.8. The number of rotatable bonds is 3. The number of hydrogen-bond donors (Lipinski definition) is 0. The van der Waals surface area contributed by atoms with E-state index in [1.54, 1.807) is 7.11 Å². The second-order valence-electron chi connectivity index (χ2n) is 3.62. The van der Waals surface area contributed by atoms with Gasteiger partial charge in [-0.25, -0.2) is 0 Å². The molecule has 1 aliphatic rings. The zero-order valence-electron chi connectivity index (χ0n) is 9.67. The van der Waals surface area contributed by atoms with E-state index in [1.807, 2.05) is 24.3 Å². The van der Waals surface area contributed by atoms with Crippen LogP contribution in [0.4, 0.5) is 0 Å². The minimum atomic E-state index is -0.607. The van der Waals surface area contributed by atoms with Crippen molar-refractivity contribution >= 4 is 11.7 Å². The van der Waals surface area contributed by atoms with Crippen molar-refractivity contribution in [2.45, 2.75) is 19.6 Å². The predicted molar refractivity (Wildman–Crippen MR) is 60.8 cm³/mol. The molecule has 5 nitrogen and oxygen atoms in total. The Morgan fingerprint density at radius 2 is 2.12 bits per heavy atom. The first kappa shape index (κ1) is 11.4. The molecule has 0 radical (unpaired) electrons. The van der Waals surface area contributed by atoms with Crippen molar-refractivity contribution in [2.75, 3.05) is 7.11 Å². The lowest BCUT2D eigenvalue weighted by atomic mass is 10.1. The Hall–Kier alpha value is -2.04. The van der Waals surface area contributed by atoms with E-state index >= 15 is 0 Å². The molecule has 0 bridgehead atoms. The van der Waals surface area contributed by atoms with Crippen molar-refractivity contribution in [1.82, 2.24) is 0 Å².